The van der Waals surface area contributed by atoms with Crippen molar-refractivity contribution in [3.63, 3.8) is 0 Å². The number of carbonyl (C=O) groups is 2. The van der Waals surface area contributed by atoms with Crippen LogP contribution in [0.25, 0.3) is 0 Å². The molecule has 0 aliphatic heterocycles. The van der Waals surface area contributed by atoms with Crippen molar-refractivity contribution in [2.75, 3.05) is 27.7 Å². The largest absolute Gasteiger partial charge is 0.465 e. The lowest BCUT2D eigenvalue weighted by atomic mass is 10.0. The SMILES string of the molecule is CCCc1c(C(=O)NCC(Cc2ccccc2)N(C)C)[nH]c(C)c1C(=O)OC. The number of aromatic nitrogens is 1. The highest BCUT2D eigenvalue weighted by Gasteiger charge is 2.25. The molecule has 1 atom stereocenters. The third-order valence-corrected chi connectivity index (χ3v) is 4.95. The van der Waals surface area contributed by atoms with E-state index in [4.69, 9.17) is 4.74 Å². The molecule has 1 heterocycles. The second kappa shape index (κ2) is 10.1. The molecular formula is C22H31N3O3. The minimum absolute atomic E-state index is 0.164. The normalized spacial score (nSPS) is 12.1. The Bertz CT molecular complexity index is 797. The fourth-order valence-corrected chi connectivity index (χ4v) is 3.37. The molecule has 0 aliphatic carbocycles. The number of esters is 1. The Balaban J connectivity index is 2.16. The van der Waals surface area contributed by atoms with E-state index in [1.807, 2.05) is 39.2 Å². The average Bonchev–Trinajstić information content (AvgIpc) is 3.01. The van der Waals surface area contributed by atoms with Gasteiger partial charge in [-0.2, -0.15) is 0 Å². The van der Waals surface area contributed by atoms with Crippen molar-refractivity contribution in [2.24, 2.45) is 0 Å². The summed E-state index contributed by atoms with van der Waals surface area (Å²) in [4.78, 5) is 30.2. The van der Waals surface area contributed by atoms with Gasteiger partial charge in [0.05, 0.1) is 12.7 Å². The first-order valence-corrected chi connectivity index (χ1v) is 9.67. The van der Waals surface area contributed by atoms with Gasteiger partial charge < -0.3 is 19.9 Å². The van der Waals surface area contributed by atoms with E-state index in [0.717, 1.165) is 18.4 Å². The molecule has 0 radical (unpaired) electrons. The van der Waals surface area contributed by atoms with Crippen LogP contribution in [0.4, 0.5) is 0 Å². The molecule has 2 aromatic rings. The van der Waals surface area contributed by atoms with Gasteiger partial charge in [-0.15, -0.1) is 0 Å². The number of aromatic amines is 1. The molecule has 1 amide bonds. The summed E-state index contributed by atoms with van der Waals surface area (Å²) in [6, 6.07) is 10.4. The van der Waals surface area contributed by atoms with E-state index in [1.54, 1.807) is 6.92 Å². The summed E-state index contributed by atoms with van der Waals surface area (Å²) in [6.07, 6.45) is 2.31. The number of amides is 1. The van der Waals surface area contributed by atoms with Gasteiger partial charge in [0.15, 0.2) is 0 Å². The molecule has 152 valence electrons. The van der Waals surface area contributed by atoms with E-state index >= 15 is 0 Å². The maximum absolute atomic E-state index is 12.9. The number of methoxy groups -OCH3 is 1. The zero-order valence-electron chi connectivity index (χ0n) is 17.5. The summed E-state index contributed by atoms with van der Waals surface area (Å²) in [7, 11) is 5.38. The van der Waals surface area contributed by atoms with Crippen LogP contribution in [0.5, 0.6) is 0 Å². The zero-order chi connectivity index (χ0) is 20.7. The van der Waals surface area contributed by atoms with Gasteiger partial charge in [0.2, 0.25) is 0 Å². The number of ether oxygens (including phenoxy) is 1. The molecule has 1 aromatic carbocycles. The van der Waals surface area contributed by atoms with Gasteiger partial charge >= 0.3 is 5.97 Å². The first-order chi connectivity index (χ1) is 13.4. The van der Waals surface area contributed by atoms with Gasteiger partial charge in [-0.1, -0.05) is 43.7 Å². The van der Waals surface area contributed by atoms with E-state index in [9.17, 15) is 9.59 Å². The van der Waals surface area contributed by atoms with Crippen LogP contribution >= 0.6 is 0 Å². The Morgan fingerprint density at radius 2 is 1.89 bits per heavy atom. The zero-order valence-corrected chi connectivity index (χ0v) is 17.5. The molecule has 1 unspecified atom stereocenters. The van der Waals surface area contributed by atoms with Crippen LogP contribution in [-0.4, -0.2) is 55.6 Å². The van der Waals surface area contributed by atoms with E-state index < -0.39 is 5.97 Å². The van der Waals surface area contributed by atoms with Crippen molar-refractivity contribution in [3.05, 3.63) is 58.4 Å². The number of nitrogens with one attached hydrogen (secondary N) is 2. The number of hydrogen-bond donors (Lipinski definition) is 2. The Hall–Kier alpha value is -2.60. The van der Waals surface area contributed by atoms with Crippen LogP contribution in [0.1, 0.15) is 51.0 Å². The quantitative estimate of drug-likeness (QED) is 0.651. The molecule has 0 bridgehead atoms. The third kappa shape index (κ3) is 5.23. The predicted octanol–water partition coefficient (Wildman–Crippen LogP) is 2.96. The van der Waals surface area contributed by atoms with Crippen molar-refractivity contribution < 1.29 is 14.3 Å². The second-order valence-corrected chi connectivity index (χ2v) is 7.24. The summed E-state index contributed by atoms with van der Waals surface area (Å²) in [5.74, 6) is -0.604. The van der Waals surface area contributed by atoms with Gasteiger partial charge in [0.1, 0.15) is 5.69 Å². The summed E-state index contributed by atoms with van der Waals surface area (Å²) in [5.41, 5.74) is 3.55. The van der Waals surface area contributed by atoms with Crippen LogP contribution < -0.4 is 5.32 Å². The molecule has 1 aromatic heterocycles. The number of aryl methyl sites for hydroxylation is 1. The number of carbonyl (C=O) groups excluding carboxylic acids is 2. The van der Waals surface area contributed by atoms with Crippen LogP contribution in [-0.2, 0) is 17.6 Å². The molecule has 28 heavy (non-hydrogen) atoms. The van der Waals surface area contributed by atoms with Gasteiger partial charge in [-0.05, 0) is 45.0 Å². The maximum Gasteiger partial charge on any atom is 0.339 e. The lowest BCUT2D eigenvalue weighted by Crippen LogP contribution is -2.41. The van der Waals surface area contributed by atoms with Crippen molar-refractivity contribution in [1.82, 2.24) is 15.2 Å². The Morgan fingerprint density at radius 3 is 2.46 bits per heavy atom. The van der Waals surface area contributed by atoms with E-state index in [2.05, 4.69) is 27.3 Å². The smallest absolute Gasteiger partial charge is 0.339 e. The van der Waals surface area contributed by atoms with E-state index in [-0.39, 0.29) is 11.9 Å². The third-order valence-electron chi connectivity index (χ3n) is 4.95. The monoisotopic (exact) mass is 385 g/mol. The number of rotatable bonds is 9. The highest BCUT2D eigenvalue weighted by Crippen LogP contribution is 2.22. The molecule has 2 rings (SSSR count). The lowest BCUT2D eigenvalue weighted by molar-refractivity contribution is 0.0599. The molecule has 0 spiro atoms. The van der Waals surface area contributed by atoms with Gasteiger partial charge in [0, 0.05) is 18.3 Å². The van der Waals surface area contributed by atoms with Crippen LogP contribution in [0.3, 0.4) is 0 Å². The molecular weight excluding hydrogens is 354 g/mol. The Morgan fingerprint density at radius 1 is 1.21 bits per heavy atom. The number of likely N-dealkylation sites (N-methyl/N-ethyl adjacent to an activating group) is 1. The minimum Gasteiger partial charge on any atom is -0.465 e. The average molecular weight is 386 g/mol. The topological polar surface area (TPSA) is 74.4 Å². The summed E-state index contributed by atoms with van der Waals surface area (Å²) in [6.45, 7) is 4.32. The molecule has 6 heteroatoms. The van der Waals surface area contributed by atoms with Gasteiger partial charge in [-0.3, -0.25) is 4.79 Å². The lowest BCUT2D eigenvalue weighted by Gasteiger charge is -2.24. The van der Waals surface area contributed by atoms with Gasteiger partial charge in [-0.25, -0.2) is 4.79 Å². The van der Waals surface area contributed by atoms with Gasteiger partial charge in [0.25, 0.3) is 5.91 Å². The number of hydrogen-bond acceptors (Lipinski definition) is 4. The van der Waals surface area contributed by atoms with Crippen molar-refractivity contribution in [1.29, 1.82) is 0 Å². The fourth-order valence-electron chi connectivity index (χ4n) is 3.37. The standard InChI is InChI=1S/C22H31N3O3/c1-6-10-18-19(22(27)28-5)15(2)24-20(18)21(26)23-14-17(25(3)4)13-16-11-8-7-9-12-16/h7-9,11-12,17,24H,6,10,13-14H2,1-5H3,(H,23,26). The van der Waals surface area contributed by atoms with E-state index in [1.165, 1.54) is 12.7 Å². The minimum atomic E-state index is -0.411. The molecule has 0 fully saturated rings. The summed E-state index contributed by atoms with van der Waals surface area (Å²) in [5, 5.41) is 3.03. The second-order valence-electron chi connectivity index (χ2n) is 7.24. The Labute approximate surface area is 167 Å². The van der Waals surface area contributed by atoms with Crippen molar-refractivity contribution >= 4 is 11.9 Å². The fraction of sp³-hybridized carbons (Fsp3) is 0.455. The first-order valence-electron chi connectivity index (χ1n) is 9.67. The van der Waals surface area contributed by atoms with Crippen LogP contribution in [0, 0.1) is 6.92 Å². The molecule has 0 saturated heterocycles. The van der Waals surface area contributed by atoms with Crippen molar-refractivity contribution in [2.45, 2.75) is 39.2 Å². The van der Waals surface area contributed by atoms with Crippen LogP contribution in [0.15, 0.2) is 30.3 Å². The summed E-state index contributed by atoms with van der Waals surface area (Å²) >= 11 is 0. The van der Waals surface area contributed by atoms with Crippen molar-refractivity contribution in [3.8, 4) is 0 Å². The number of benzene rings is 1. The molecule has 0 aliphatic rings. The van der Waals surface area contributed by atoms with Crippen LogP contribution in [0.2, 0.25) is 0 Å². The first kappa shape index (κ1) is 21.7. The number of H-pyrrole nitrogens is 1. The van der Waals surface area contributed by atoms with E-state index in [0.29, 0.717) is 29.9 Å². The maximum atomic E-state index is 12.9. The molecule has 0 saturated carbocycles. The highest BCUT2D eigenvalue weighted by atomic mass is 16.5. The molecule has 2 N–H and O–H groups in total. The molecule has 6 nitrogen and oxygen atoms in total. The highest BCUT2D eigenvalue weighted by molar-refractivity contribution is 6.00. The Kier molecular flexibility index (Phi) is 7.81. The number of nitrogens with zero attached hydrogens (tertiary/aromatic N) is 1. The summed E-state index contributed by atoms with van der Waals surface area (Å²) < 4.78 is 4.90. The predicted molar refractivity (Wildman–Crippen MR) is 111 cm³/mol.